The summed E-state index contributed by atoms with van der Waals surface area (Å²) in [7, 11) is 1.36. The van der Waals surface area contributed by atoms with Crippen molar-refractivity contribution in [2.75, 3.05) is 7.11 Å². The fourth-order valence-corrected chi connectivity index (χ4v) is 3.22. The lowest BCUT2D eigenvalue weighted by Crippen LogP contribution is -2.29. The molecule has 5 nitrogen and oxygen atoms in total. The second-order valence-electron chi connectivity index (χ2n) is 6.23. The Balaban J connectivity index is 0.000000735. The molecule has 0 bridgehead atoms. The van der Waals surface area contributed by atoms with Gasteiger partial charge in [0, 0.05) is 22.7 Å². The highest BCUT2D eigenvalue weighted by Crippen LogP contribution is 2.35. The quantitative estimate of drug-likeness (QED) is 0.336. The van der Waals surface area contributed by atoms with Crippen LogP contribution in [0.3, 0.4) is 0 Å². The first kappa shape index (κ1) is 23.2. The second-order valence-corrected chi connectivity index (χ2v) is 7.15. The summed E-state index contributed by atoms with van der Waals surface area (Å²) in [4.78, 5) is 12.5. The molecule has 0 unspecified atom stereocenters. The van der Waals surface area contributed by atoms with Gasteiger partial charge in [0.15, 0.2) is 11.5 Å². The molecule has 1 aliphatic heterocycles. The zero-order valence-corrected chi connectivity index (χ0v) is 19.0. The first-order valence-electron chi connectivity index (χ1n) is 9.53. The maximum absolute atomic E-state index is 12.5. The highest BCUT2D eigenvalue weighted by atomic mass is 79.9. The monoisotopic (exact) mass is 468 g/mol. The topological polar surface area (TPSA) is 51.1 Å². The van der Waals surface area contributed by atoms with E-state index in [-0.39, 0.29) is 0 Å². The van der Waals surface area contributed by atoms with E-state index in [1.165, 1.54) is 7.11 Å². The molecule has 0 saturated carbocycles. The minimum Gasteiger partial charge on any atom is -0.486 e. The molecule has 6 heteroatoms. The zero-order chi connectivity index (χ0) is 21.9. The summed E-state index contributed by atoms with van der Waals surface area (Å²) in [6, 6.07) is 15.7. The van der Waals surface area contributed by atoms with Crippen LogP contribution in [0, 0.1) is 12.3 Å². The van der Waals surface area contributed by atoms with Gasteiger partial charge in [-0.1, -0.05) is 53.2 Å². The fourth-order valence-electron chi connectivity index (χ4n) is 2.81. The number of carbonyl (C=O) groups is 1. The van der Waals surface area contributed by atoms with Crippen LogP contribution >= 0.6 is 15.9 Å². The minimum absolute atomic E-state index is 0.302. The standard InChI is InChI=1S/C20H19BrN2O3.C4H6/c1-3-22-23-12-15-11-16(21)9-10-17(15)19(18(23)20(24)25-2)26-13-14-7-5-4-6-8-14;1-3-4-2/h3-11H,12-13H2,1-2H3;1H,4H2,2H3/b22-3-;. The van der Waals surface area contributed by atoms with E-state index in [4.69, 9.17) is 15.9 Å². The maximum Gasteiger partial charge on any atom is 0.360 e. The second kappa shape index (κ2) is 11.8. The predicted octanol–water partition coefficient (Wildman–Crippen LogP) is 5.36. The molecule has 30 heavy (non-hydrogen) atoms. The van der Waals surface area contributed by atoms with E-state index in [1.54, 1.807) is 18.1 Å². The van der Waals surface area contributed by atoms with E-state index in [0.29, 0.717) is 24.6 Å². The molecule has 0 atom stereocenters. The number of hydrazone groups is 1. The normalized spacial score (nSPS) is 12.6. The van der Waals surface area contributed by atoms with Crippen LogP contribution in [0.2, 0.25) is 0 Å². The first-order valence-corrected chi connectivity index (χ1v) is 10.3. The van der Waals surface area contributed by atoms with Crippen LogP contribution in [0.25, 0.3) is 5.76 Å². The van der Waals surface area contributed by atoms with Gasteiger partial charge in [-0.25, -0.2) is 4.79 Å². The van der Waals surface area contributed by atoms with Crippen molar-refractivity contribution in [3.05, 3.63) is 75.4 Å². The van der Waals surface area contributed by atoms with Crippen LogP contribution in [0.1, 0.15) is 37.0 Å². The van der Waals surface area contributed by atoms with Crippen LogP contribution in [0.5, 0.6) is 0 Å². The molecule has 0 aliphatic carbocycles. The Morgan fingerprint density at radius 1 is 1.30 bits per heavy atom. The van der Waals surface area contributed by atoms with Crippen molar-refractivity contribution >= 4 is 33.9 Å². The molecule has 0 aromatic heterocycles. The number of benzene rings is 2. The Hall–Kier alpha value is -3.04. The fraction of sp³-hybridized carbons (Fsp3) is 0.250. The van der Waals surface area contributed by atoms with E-state index in [9.17, 15) is 4.79 Å². The molecule has 2 aromatic rings. The van der Waals surface area contributed by atoms with Crippen molar-refractivity contribution in [1.29, 1.82) is 0 Å². The predicted molar refractivity (Wildman–Crippen MR) is 123 cm³/mol. The van der Waals surface area contributed by atoms with Crippen molar-refractivity contribution in [2.24, 2.45) is 5.10 Å². The van der Waals surface area contributed by atoms with Crippen molar-refractivity contribution in [3.63, 3.8) is 0 Å². The molecule has 0 N–H and O–H groups in total. The highest BCUT2D eigenvalue weighted by Gasteiger charge is 2.31. The number of hydrogen-bond acceptors (Lipinski definition) is 5. The highest BCUT2D eigenvalue weighted by molar-refractivity contribution is 9.10. The number of rotatable bonds is 5. The number of nitrogens with zero attached hydrogens (tertiary/aromatic N) is 2. The van der Waals surface area contributed by atoms with E-state index in [0.717, 1.165) is 27.6 Å². The van der Waals surface area contributed by atoms with Gasteiger partial charge >= 0.3 is 5.97 Å². The molecule has 0 saturated heterocycles. The zero-order valence-electron chi connectivity index (χ0n) is 17.4. The van der Waals surface area contributed by atoms with Crippen LogP contribution in [-0.4, -0.2) is 24.3 Å². The Kier molecular flexibility index (Phi) is 9.17. The van der Waals surface area contributed by atoms with E-state index in [1.807, 2.05) is 55.5 Å². The average molecular weight is 469 g/mol. The Morgan fingerprint density at radius 2 is 2.00 bits per heavy atom. The third-order valence-corrected chi connectivity index (χ3v) is 4.66. The lowest BCUT2D eigenvalue weighted by atomic mass is 10.0. The number of carbonyl (C=O) groups excluding carboxylic acids is 1. The Bertz CT molecular complexity index is 962. The van der Waals surface area contributed by atoms with Crippen molar-refractivity contribution in [3.8, 4) is 12.3 Å². The molecule has 1 aliphatic rings. The number of esters is 1. The summed E-state index contributed by atoms with van der Waals surface area (Å²) in [5.41, 5.74) is 3.20. The summed E-state index contributed by atoms with van der Waals surface area (Å²) in [6.07, 6.45) is 7.26. The van der Waals surface area contributed by atoms with Crippen molar-refractivity contribution < 1.29 is 14.3 Å². The average Bonchev–Trinajstić information content (AvgIpc) is 2.77. The molecule has 3 rings (SSSR count). The third-order valence-electron chi connectivity index (χ3n) is 4.17. The summed E-state index contributed by atoms with van der Waals surface area (Å²) in [5, 5.41) is 5.93. The minimum atomic E-state index is -0.479. The van der Waals surface area contributed by atoms with E-state index < -0.39 is 5.97 Å². The van der Waals surface area contributed by atoms with Crippen molar-refractivity contribution in [1.82, 2.24) is 5.01 Å². The number of hydrogen-bond donors (Lipinski definition) is 0. The number of fused-ring (bicyclic) bond motifs is 1. The number of halogens is 1. The third kappa shape index (κ3) is 5.98. The Labute approximate surface area is 186 Å². The van der Waals surface area contributed by atoms with Gasteiger partial charge in [-0.05, 0) is 36.2 Å². The first-order chi connectivity index (χ1) is 14.5. The van der Waals surface area contributed by atoms with Gasteiger partial charge in [0.2, 0.25) is 0 Å². The van der Waals surface area contributed by atoms with E-state index >= 15 is 0 Å². The summed E-state index contributed by atoms with van der Waals surface area (Å²) in [5.74, 6) is 2.42. The molecular weight excluding hydrogens is 444 g/mol. The molecular formula is C24H25BrN2O3. The van der Waals surface area contributed by atoms with Crippen LogP contribution in [0.15, 0.2) is 63.8 Å². The van der Waals surface area contributed by atoms with Gasteiger partial charge in [0.1, 0.15) is 6.61 Å². The van der Waals surface area contributed by atoms with Gasteiger partial charge < -0.3 is 9.47 Å². The van der Waals surface area contributed by atoms with Crippen molar-refractivity contribution in [2.45, 2.75) is 33.4 Å². The van der Waals surface area contributed by atoms with Crippen LogP contribution in [-0.2, 0) is 27.4 Å². The van der Waals surface area contributed by atoms with Gasteiger partial charge in [0.25, 0.3) is 0 Å². The maximum atomic E-state index is 12.5. The lowest BCUT2D eigenvalue weighted by Gasteiger charge is -2.30. The molecule has 0 spiro atoms. The molecule has 0 amide bonds. The number of ether oxygens (including phenoxy) is 2. The summed E-state index contributed by atoms with van der Waals surface area (Å²) < 4.78 is 12.0. The lowest BCUT2D eigenvalue weighted by molar-refractivity contribution is -0.138. The summed E-state index contributed by atoms with van der Waals surface area (Å²) in [6.45, 7) is 4.55. The molecule has 156 valence electrons. The van der Waals surface area contributed by atoms with Gasteiger partial charge in [-0.3, -0.25) is 5.01 Å². The Morgan fingerprint density at radius 3 is 2.60 bits per heavy atom. The number of terminal acetylenes is 1. The van der Waals surface area contributed by atoms with Crippen LogP contribution < -0.4 is 0 Å². The molecule has 0 fully saturated rings. The molecule has 0 radical (unpaired) electrons. The van der Waals surface area contributed by atoms with Crippen LogP contribution in [0.4, 0.5) is 0 Å². The van der Waals surface area contributed by atoms with Gasteiger partial charge in [0.05, 0.1) is 13.7 Å². The van der Waals surface area contributed by atoms with E-state index in [2.05, 4.69) is 27.0 Å². The summed E-state index contributed by atoms with van der Waals surface area (Å²) >= 11 is 3.50. The molecule has 1 heterocycles. The molecule has 2 aromatic carbocycles. The number of methoxy groups -OCH3 is 1. The van der Waals surface area contributed by atoms with Gasteiger partial charge in [-0.2, -0.15) is 5.10 Å². The SMILES string of the molecule is C#CCC.C/C=N\N1Cc2cc(Br)ccc2C(OCc2ccccc2)=C1C(=O)OC. The van der Waals surface area contributed by atoms with Gasteiger partial charge in [-0.15, -0.1) is 12.3 Å². The smallest absolute Gasteiger partial charge is 0.360 e. The largest absolute Gasteiger partial charge is 0.486 e.